The molecular formula is C13H25BrO2. The third-order valence-electron chi connectivity index (χ3n) is 2.39. The Morgan fingerprint density at radius 2 is 1.62 bits per heavy atom. The van der Waals surface area contributed by atoms with Crippen molar-refractivity contribution in [2.45, 2.75) is 65.9 Å². The van der Waals surface area contributed by atoms with Crippen LogP contribution in [0.5, 0.6) is 0 Å². The maximum atomic E-state index is 11.9. The Hall–Kier alpha value is -0.0500. The van der Waals surface area contributed by atoms with Gasteiger partial charge >= 0.3 is 5.97 Å². The minimum Gasteiger partial charge on any atom is -0.460 e. The van der Waals surface area contributed by atoms with Crippen molar-refractivity contribution in [2.75, 3.05) is 5.33 Å². The van der Waals surface area contributed by atoms with E-state index in [1.54, 1.807) is 0 Å². The van der Waals surface area contributed by atoms with E-state index < -0.39 is 0 Å². The fourth-order valence-electron chi connectivity index (χ4n) is 1.36. The second-order valence-electron chi connectivity index (χ2n) is 5.89. The van der Waals surface area contributed by atoms with Gasteiger partial charge in [-0.15, -0.1) is 0 Å². The highest BCUT2D eigenvalue weighted by Crippen LogP contribution is 2.27. The Balaban J connectivity index is 4.06. The van der Waals surface area contributed by atoms with Crippen molar-refractivity contribution in [3.63, 3.8) is 0 Å². The first-order valence-electron chi connectivity index (χ1n) is 5.98. The van der Waals surface area contributed by atoms with Crippen molar-refractivity contribution < 1.29 is 9.53 Å². The molecule has 16 heavy (non-hydrogen) atoms. The monoisotopic (exact) mass is 292 g/mol. The summed E-state index contributed by atoms with van der Waals surface area (Å²) in [4.78, 5) is 11.9. The van der Waals surface area contributed by atoms with E-state index in [0.29, 0.717) is 0 Å². The normalized spacial score (nSPS) is 12.6. The van der Waals surface area contributed by atoms with Crippen molar-refractivity contribution in [1.82, 2.24) is 0 Å². The Kier molecular flexibility index (Phi) is 6.61. The van der Waals surface area contributed by atoms with Crippen molar-refractivity contribution in [2.24, 2.45) is 5.41 Å². The first-order valence-corrected chi connectivity index (χ1v) is 7.10. The third-order valence-corrected chi connectivity index (χ3v) is 2.95. The minimum absolute atomic E-state index is 0.0844. The van der Waals surface area contributed by atoms with Crippen LogP contribution >= 0.6 is 15.9 Å². The van der Waals surface area contributed by atoms with Gasteiger partial charge in [0.1, 0.15) is 5.60 Å². The summed E-state index contributed by atoms with van der Waals surface area (Å²) >= 11 is 3.41. The average molecular weight is 293 g/mol. The molecule has 0 aromatic heterocycles. The third kappa shape index (κ3) is 7.26. The highest BCUT2D eigenvalue weighted by Gasteiger charge is 2.31. The van der Waals surface area contributed by atoms with Crippen molar-refractivity contribution in [3.05, 3.63) is 0 Å². The molecule has 0 fully saturated rings. The summed E-state index contributed by atoms with van der Waals surface area (Å²) in [6.45, 7) is 9.66. The molecule has 0 aliphatic carbocycles. The van der Waals surface area contributed by atoms with E-state index in [2.05, 4.69) is 15.9 Å². The molecule has 0 unspecified atom stereocenters. The van der Waals surface area contributed by atoms with Crippen LogP contribution in [-0.4, -0.2) is 16.9 Å². The summed E-state index contributed by atoms with van der Waals surface area (Å²) in [6, 6.07) is 0. The van der Waals surface area contributed by atoms with Crippen LogP contribution in [0.4, 0.5) is 0 Å². The molecule has 0 radical (unpaired) electrons. The van der Waals surface area contributed by atoms with Gasteiger partial charge in [-0.05, 0) is 47.5 Å². The maximum Gasteiger partial charge on any atom is 0.312 e. The number of halogens is 1. The van der Waals surface area contributed by atoms with Gasteiger partial charge in [-0.3, -0.25) is 4.79 Å². The van der Waals surface area contributed by atoms with Gasteiger partial charge in [0.25, 0.3) is 0 Å². The maximum absolute atomic E-state index is 11.9. The standard InChI is InChI=1S/C13H25BrO2/c1-12(2,3)16-11(15)13(4,5)9-7-6-8-10-14/h6-10H2,1-5H3. The van der Waals surface area contributed by atoms with Crippen LogP contribution < -0.4 is 0 Å². The summed E-state index contributed by atoms with van der Waals surface area (Å²) < 4.78 is 5.41. The number of hydrogen-bond acceptors (Lipinski definition) is 2. The zero-order chi connectivity index (χ0) is 12.8. The fraction of sp³-hybridized carbons (Fsp3) is 0.923. The van der Waals surface area contributed by atoms with E-state index in [4.69, 9.17) is 4.74 Å². The van der Waals surface area contributed by atoms with Crippen LogP contribution in [0.15, 0.2) is 0 Å². The van der Waals surface area contributed by atoms with Crippen molar-refractivity contribution in [1.29, 1.82) is 0 Å². The lowest BCUT2D eigenvalue weighted by Gasteiger charge is -2.28. The molecule has 0 saturated carbocycles. The number of carbonyl (C=O) groups is 1. The molecule has 0 aliphatic heterocycles. The Labute approximate surface area is 108 Å². The molecule has 0 spiro atoms. The first kappa shape index (κ1) is 16.0. The van der Waals surface area contributed by atoms with E-state index in [-0.39, 0.29) is 17.0 Å². The van der Waals surface area contributed by atoms with Gasteiger partial charge < -0.3 is 4.74 Å². The lowest BCUT2D eigenvalue weighted by molar-refractivity contribution is -0.166. The zero-order valence-electron chi connectivity index (χ0n) is 11.2. The highest BCUT2D eigenvalue weighted by molar-refractivity contribution is 9.09. The van der Waals surface area contributed by atoms with Gasteiger partial charge in [-0.25, -0.2) is 0 Å². The molecule has 0 heterocycles. The Morgan fingerprint density at radius 1 is 1.06 bits per heavy atom. The molecule has 0 aromatic carbocycles. The topological polar surface area (TPSA) is 26.3 Å². The fourth-order valence-corrected chi connectivity index (χ4v) is 1.75. The largest absolute Gasteiger partial charge is 0.460 e. The van der Waals surface area contributed by atoms with Gasteiger partial charge in [-0.1, -0.05) is 28.8 Å². The quantitative estimate of drug-likeness (QED) is 0.414. The number of alkyl halides is 1. The van der Waals surface area contributed by atoms with E-state index >= 15 is 0 Å². The number of carbonyl (C=O) groups excluding carboxylic acids is 1. The number of unbranched alkanes of at least 4 members (excludes halogenated alkanes) is 2. The molecule has 0 saturated heterocycles. The summed E-state index contributed by atoms with van der Waals surface area (Å²) in [6.07, 6.45) is 4.31. The van der Waals surface area contributed by atoms with Crippen LogP contribution in [0.3, 0.4) is 0 Å². The molecule has 0 bridgehead atoms. The summed E-state index contributed by atoms with van der Waals surface area (Å²) in [5.74, 6) is -0.0844. The minimum atomic E-state index is -0.385. The molecule has 3 heteroatoms. The average Bonchev–Trinajstić information content (AvgIpc) is 2.09. The summed E-state index contributed by atoms with van der Waals surface area (Å²) in [5.41, 5.74) is -0.746. The zero-order valence-corrected chi connectivity index (χ0v) is 12.8. The number of hydrogen-bond donors (Lipinski definition) is 0. The van der Waals surface area contributed by atoms with Crippen LogP contribution in [0.25, 0.3) is 0 Å². The molecule has 0 aromatic rings. The van der Waals surface area contributed by atoms with Crippen molar-refractivity contribution in [3.8, 4) is 0 Å². The van der Waals surface area contributed by atoms with E-state index in [9.17, 15) is 4.79 Å². The highest BCUT2D eigenvalue weighted by atomic mass is 79.9. The SMILES string of the molecule is CC(C)(C)OC(=O)C(C)(C)CCCCCBr. The van der Waals surface area contributed by atoms with Crippen molar-refractivity contribution >= 4 is 21.9 Å². The Bertz CT molecular complexity index is 216. The molecule has 0 N–H and O–H groups in total. The van der Waals surface area contributed by atoms with E-state index in [0.717, 1.165) is 24.6 Å². The van der Waals surface area contributed by atoms with Crippen LogP contribution in [-0.2, 0) is 9.53 Å². The van der Waals surface area contributed by atoms with Crippen LogP contribution in [0.1, 0.15) is 60.3 Å². The molecule has 0 rings (SSSR count). The summed E-state index contributed by atoms with van der Waals surface area (Å²) in [5, 5.41) is 1.04. The lowest BCUT2D eigenvalue weighted by Crippen LogP contribution is -2.33. The number of esters is 1. The van der Waals surface area contributed by atoms with Crippen LogP contribution in [0.2, 0.25) is 0 Å². The van der Waals surface area contributed by atoms with Crippen LogP contribution in [0, 0.1) is 5.41 Å². The van der Waals surface area contributed by atoms with E-state index in [1.165, 1.54) is 6.42 Å². The molecular weight excluding hydrogens is 268 g/mol. The number of rotatable bonds is 6. The molecule has 0 amide bonds. The van der Waals surface area contributed by atoms with Gasteiger partial charge in [0, 0.05) is 5.33 Å². The predicted octanol–water partition coefficient (Wildman–Crippen LogP) is 4.31. The lowest BCUT2D eigenvalue weighted by atomic mass is 9.87. The van der Waals surface area contributed by atoms with E-state index in [1.807, 2.05) is 34.6 Å². The predicted molar refractivity (Wildman–Crippen MR) is 71.9 cm³/mol. The smallest absolute Gasteiger partial charge is 0.312 e. The first-order chi connectivity index (χ1) is 7.19. The van der Waals surface area contributed by atoms with Gasteiger partial charge in [0.05, 0.1) is 5.41 Å². The second-order valence-corrected chi connectivity index (χ2v) is 6.68. The van der Waals surface area contributed by atoms with Gasteiger partial charge in [0.2, 0.25) is 0 Å². The molecule has 0 aliphatic rings. The van der Waals surface area contributed by atoms with Gasteiger partial charge in [0.15, 0.2) is 0 Å². The second kappa shape index (κ2) is 6.63. The molecule has 0 atom stereocenters. The summed E-state index contributed by atoms with van der Waals surface area (Å²) in [7, 11) is 0. The van der Waals surface area contributed by atoms with Gasteiger partial charge in [-0.2, -0.15) is 0 Å². The molecule has 2 nitrogen and oxygen atoms in total. The molecule has 96 valence electrons. The Morgan fingerprint density at radius 3 is 2.06 bits per heavy atom. The number of ether oxygens (including phenoxy) is 1.